The van der Waals surface area contributed by atoms with E-state index in [0.717, 1.165) is 25.8 Å². The summed E-state index contributed by atoms with van der Waals surface area (Å²) in [6.45, 7) is 0.762. The molecular weight excluding hydrogens is 264 g/mol. The zero-order valence-corrected chi connectivity index (χ0v) is 11.7. The summed E-state index contributed by atoms with van der Waals surface area (Å²) in [5.41, 5.74) is 0. The monoisotopic (exact) mass is 286 g/mol. The first-order chi connectivity index (χ1) is 9.54. The molecule has 20 heavy (non-hydrogen) atoms. The van der Waals surface area contributed by atoms with Crippen LogP contribution < -0.4 is 10.6 Å². The zero-order chi connectivity index (χ0) is 15.0. The van der Waals surface area contributed by atoms with Crippen molar-refractivity contribution in [2.75, 3.05) is 13.7 Å². The molecule has 7 nitrogen and oxygen atoms in total. The van der Waals surface area contributed by atoms with E-state index in [1.807, 2.05) is 0 Å². The van der Waals surface area contributed by atoms with E-state index < -0.39 is 18.0 Å². The van der Waals surface area contributed by atoms with Crippen molar-refractivity contribution in [1.29, 1.82) is 0 Å². The van der Waals surface area contributed by atoms with Gasteiger partial charge < -0.3 is 20.5 Å². The van der Waals surface area contributed by atoms with Crippen LogP contribution in [0.15, 0.2) is 0 Å². The maximum absolute atomic E-state index is 12.0. The van der Waals surface area contributed by atoms with E-state index in [0.29, 0.717) is 6.42 Å². The summed E-state index contributed by atoms with van der Waals surface area (Å²) in [5.74, 6) is -1.95. The number of rotatable bonds is 6. The second-order valence-corrected chi connectivity index (χ2v) is 4.87. The van der Waals surface area contributed by atoms with Gasteiger partial charge in [-0.25, -0.2) is 4.79 Å². The molecule has 1 heterocycles. The van der Waals surface area contributed by atoms with E-state index >= 15 is 0 Å². The lowest BCUT2D eigenvalue weighted by molar-refractivity contribution is -0.144. The average Bonchev–Trinajstić information content (AvgIpc) is 2.71. The fourth-order valence-electron chi connectivity index (χ4n) is 2.15. The van der Waals surface area contributed by atoms with Gasteiger partial charge in [-0.05, 0) is 25.8 Å². The van der Waals surface area contributed by atoms with Gasteiger partial charge >= 0.3 is 11.9 Å². The van der Waals surface area contributed by atoms with Crippen molar-refractivity contribution in [2.24, 2.45) is 0 Å². The van der Waals surface area contributed by atoms with Crippen LogP contribution in [0.2, 0.25) is 0 Å². The maximum Gasteiger partial charge on any atom is 0.326 e. The molecule has 1 fully saturated rings. The summed E-state index contributed by atoms with van der Waals surface area (Å²) in [6, 6.07) is -1.41. The number of hydrogen-bond acceptors (Lipinski definition) is 5. The Kier molecular flexibility index (Phi) is 7.00. The Hall–Kier alpha value is -1.63. The first-order valence-electron chi connectivity index (χ1n) is 6.88. The van der Waals surface area contributed by atoms with Crippen LogP contribution in [0.25, 0.3) is 0 Å². The molecule has 1 aliphatic heterocycles. The summed E-state index contributed by atoms with van der Waals surface area (Å²) >= 11 is 0. The van der Waals surface area contributed by atoms with Gasteiger partial charge in [0.05, 0.1) is 13.2 Å². The molecule has 0 spiro atoms. The van der Waals surface area contributed by atoms with E-state index in [2.05, 4.69) is 15.4 Å². The molecule has 1 amide bonds. The van der Waals surface area contributed by atoms with Crippen molar-refractivity contribution >= 4 is 17.8 Å². The molecule has 2 atom stereocenters. The number of ether oxygens (including phenoxy) is 1. The van der Waals surface area contributed by atoms with Crippen LogP contribution in [0.1, 0.15) is 38.5 Å². The SMILES string of the molecule is COC(=O)CCC(NC(=O)C1CCCCCN1)C(=O)O. The number of hydrogen-bond donors (Lipinski definition) is 3. The summed E-state index contributed by atoms with van der Waals surface area (Å²) in [6.07, 6.45) is 3.74. The predicted molar refractivity (Wildman–Crippen MR) is 71.1 cm³/mol. The third-order valence-electron chi connectivity index (χ3n) is 3.36. The Balaban J connectivity index is 2.49. The molecule has 0 radical (unpaired) electrons. The number of carboxylic acids is 1. The number of carboxylic acid groups (broad SMARTS) is 1. The quantitative estimate of drug-likeness (QED) is 0.596. The van der Waals surface area contributed by atoms with Gasteiger partial charge in [-0.2, -0.15) is 0 Å². The fourth-order valence-corrected chi connectivity index (χ4v) is 2.15. The van der Waals surface area contributed by atoms with Gasteiger partial charge in [-0.15, -0.1) is 0 Å². The lowest BCUT2D eigenvalue weighted by atomic mass is 10.1. The number of nitrogens with one attached hydrogen (secondary N) is 2. The van der Waals surface area contributed by atoms with Crippen LogP contribution in [0.4, 0.5) is 0 Å². The molecule has 7 heteroatoms. The molecule has 0 aromatic carbocycles. The third kappa shape index (κ3) is 5.56. The standard InChI is InChI=1S/C13H22N2O5/c1-20-11(16)7-6-10(13(18)19)15-12(17)9-5-3-2-4-8-14-9/h9-10,14H,2-8H2,1H3,(H,15,17)(H,18,19). The first kappa shape index (κ1) is 16.4. The van der Waals surface area contributed by atoms with Gasteiger partial charge in [0, 0.05) is 6.42 Å². The average molecular weight is 286 g/mol. The second kappa shape index (κ2) is 8.52. The van der Waals surface area contributed by atoms with Gasteiger partial charge in [0.15, 0.2) is 0 Å². The summed E-state index contributed by atoms with van der Waals surface area (Å²) < 4.78 is 4.46. The summed E-state index contributed by atoms with van der Waals surface area (Å²) in [7, 11) is 1.24. The van der Waals surface area contributed by atoms with E-state index in [4.69, 9.17) is 5.11 Å². The highest BCUT2D eigenvalue weighted by molar-refractivity contribution is 5.87. The van der Waals surface area contributed by atoms with Crippen LogP contribution in [-0.2, 0) is 19.1 Å². The van der Waals surface area contributed by atoms with Crippen LogP contribution >= 0.6 is 0 Å². The maximum atomic E-state index is 12.0. The van der Waals surface area contributed by atoms with Crippen molar-refractivity contribution in [3.63, 3.8) is 0 Å². The Morgan fingerprint density at radius 2 is 2.10 bits per heavy atom. The normalized spacial score (nSPS) is 20.6. The van der Waals surface area contributed by atoms with E-state index in [-0.39, 0.29) is 24.8 Å². The minimum absolute atomic E-state index is 0.0282. The number of carbonyl (C=O) groups is 3. The zero-order valence-electron chi connectivity index (χ0n) is 11.7. The number of carbonyl (C=O) groups excluding carboxylic acids is 2. The molecule has 1 aliphatic rings. The number of esters is 1. The molecule has 1 rings (SSSR count). The second-order valence-electron chi connectivity index (χ2n) is 4.87. The lowest BCUT2D eigenvalue weighted by Gasteiger charge is -2.19. The Bertz CT molecular complexity index is 351. The van der Waals surface area contributed by atoms with E-state index in [9.17, 15) is 14.4 Å². The smallest absolute Gasteiger partial charge is 0.326 e. The number of aliphatic carboxylic acids is 1. The van der Waals surface area contributed by atoms with Crippen molar-refractivity contribution in [1.82, 2.24) is 10.6 Å². The summed E-state index contributed by atoms with van der Waals surface area (Å²) in [5, 5.41) is 14.7. The van der Waals surface area contributed by atoms with Gasteiger partial charge in [-0.3, -0.25) is 9.59 Å². The van der Waals surface area contributed by atoms with Crippen LogP contribution in [0.5, 0.6) is 0 Å². The van der Waals surface area contributed by atoms with Crippen molar-refractivity contribution in [3.05, 3.63) is 0 Å². The molecule has 0 saturated carbocycles. The van der Waals surface area contributed by atoms with Crippen molar-refractivity contribution in [3.8, 4) is 0 Å². The molecule has 0 aromatic heterocycles. The largest absolute Gasteiger partial charge is 0.480 e. The molecule has 2 unspecified atom stereocenters. The minimum atomic E-state index is -1.14. The van der Waals surface area contributed by atoms with Gasteiger partial charge in [-0.1, -0.05) is 12.8 Å². The predicted octanol–water partition coefficient (Wildman–Crippen LogP) is 0.0412. The van der Waals surface area contributed by atoms with Gasteiger partial charge in [0.25, 0.3) is 0 Å². The number of methoxy groups -OCH3 is 1. The lowest BCUT2D eigenvalue weighted by Crippen LogP contribution is -2.50. The van der Waals surface area contributed by atoms with E-state index in [1.165, 1.54) is 7.11 Å². The molecule has 0 aromatic rings. The molecule has 0 bridgehead atoms. The molecule has 1 saturated heterocycles. The third-order valence-corrected chi connectivity index (χ3v) is 3.36. The van der Waals surface area contributed by atoms with Crippen molar-refractivity contribution in [2.45, 2.75) is 50.6 Å². The molecule has 114 valence electrons. The molecular formula is C13H22N2O5. The van der Waals surface area contributed by atoms with Crippen LogP contribution in [-0.4, -0.2) is 48.7 Å². The van der Waals surface area contributed by atoms with Gasteiger partial charge in [0.2, 0.25) is 5.91 Å². The number of amides is 1. The molecule has 0 aliphatic carbocycles. The Labute approximate surface area is 118 Å². The van der Waals surface area contributed by atoms with E-state index in [1.54, 1.807) is 0 Å². The van der Waals surface area contributed by atoms with Crippen LogP contribution in [0, 0.1) is 0 Å². The highest BCUT2D eigenvalue weighted by Gasteiger charge is 2.26. The Morgan fingerprint density at radius 1 is 1.35 bits per heavy atom. The topological polar surface area (TPSA) is 105 Å². The molecule has 3 N–H and O–H groups in total. The first-order valence-corrected chi connectivity index (χ1v) is 6.88. The van der Waals surface area contributed by atoms with Crippen LogP contribution in [0.3, 0.4) is 0 Å². The Morgan fingerprint density at radius 3 is 2.75 bits per heavy atom. The highest BCUT2D eigenvalue weighted by atomic mass is 16.5. The highest BCUT2D eigenvalue weighted by Crippen LogP contribution is 2.09. The minimum Gasteiger partial charge on any atom is -0.480 e. The summed E-state index contributed by atoms with van der Waals surface area (Å²) in [4.78, 5) is 34.2. The fraction of sp³-hybridized carbons (Fsp3) is 0.769. The van der Waals surface area contributed by atoms with Gasteiger partial charge in [0.1, 0.15) is 6.04 Å². The van der Waals surface area contributed by atoms with Crippen molar-refractivity contribution < 1.29 is 24.2 Å².